The standard InChI is InChI=1S/C10H19NO2/c1-4-13-10(12)8-5-9(7(2)3)11-6-8/h7-9,11H,4-6H2,1-3H3/t8-,9-/m0/s1. The zero-order chi connectivity index (χ0) is 9.84. The van der Waals surface area contributed by atoms with Crippen LogP contribution in [0.4, 0.5) is 0 Å². The molecule has 0 aromatic rings. The van der Waals surface area contributed by atoms with Crippen molar-refractivity contribution in [3.05, 3.63) is 0 Å². The Morgan fingerprint density at radius 3 is 2.77 bits per heavy atom. The van der Waals surface area contributed by atoms with E-state index in [2.05, 4.69) is 19.2 Å². The lowest BCUT2D eigenvalue weighted by atomic mass is 9.98. The average molecular weight is 185 g/mol. The van der Waals surface area contributed by atoms with Crippen LogP contribution in [0.15, 0.2) is 0 Å². The summed E-state index contributed by atoms with van der Waals surface area (Å²) in [4.78, 5) is 11.4. The SMILES string of the molecule is CCOC(=O)[C@@H]1CN[C@H](C(C)C)C1. The smallest absolute Gasteiger partial charge is 0.310 e. The normalized spacial score (nSPS) is 28.0. The molecule has 0 amide bonds. The number of carbonyl (C=O) groups excluding carboxylic acids is 1. The minimum absolute atomic E-state index is 0.0434. The van der Waals surface area contributed by atoms with Crippen LogP contribution in [0.25, 0.3) is 0 Å². The van der Waals surface area contributed by atoms with Crippen LogP contribution < -0.4 is 5.32 Å². The predicted molar refractivity (Wildman–Crippen MR) is 51.4 cm³/mol. The van der Waals surface area contributed by atoms with Gasteiger partial charge in [0.1, 0.15) is 0 Å². The number of carbonyl (C=O) groups is 1. The van der Waals surface area contributed by atoms with Crippen molar-refractivity contribution in [1.82, 2.24) is 5.32 Å². The van der Waals surface area contributed by atoms with E-state index in [1.54, 1.807) is 0 Å². The summed E-state index contributed by atoms with van der Waals surface area (Å²) in [6.45, 7) is 7.46. The van der Waals surface area contributed by atoms with E-state index in [-0.39, 0.29) is 11.9 Å². The summed E-state index contributed by atoms with van der Waals surface area (Å²) in [5.74, 6) is 0.630. The fourth-order valence-corrected chi connectivity index (χ4v) is 1.71. The van der Waals surface area contributed by atoms with E-state index in [1.165, 1.54) is 0 Å². The van der Waals surface area contributed by atoms with Gasteiger partial charge in [-0.2, -0.15) is 0 Å². The van der Waals surface area contributed by atoms with Crippen LogP contribution in [0.1, 0.15) is 27.2 Å². The molecule has 1 aliphatic heterocycles. The molecule has 76 valence electrons. The van der Waals surface area contributed by atoms with Crippen molar-refractivity contribution >= 4 is 5.97 Å². The maximum atomic E-state index is 11.4. The Balaban J connectivity index is 2.36. The molecule has 1 N–H and O–H groups in total. The minimum atomic E-state index is -0.0434. The van der Waals surface area contributed by atoms with Crippen molar-refractivity contribution in [3.63, 3.8) is 0 Å². The summed E-state index contributed by atoms with van der Waals surface area (Å²) in [6, 6.07) is 0.481. The van der Waals surface area contributed by atoms with Crippen molar-refractivity contribution in [2.24, 2.45) is 11.8 Å². The molecular weight excluding hydrogens is 166 g/mol. The Bertz CT molecular complexity index is 180. The predicted octanol–water partition coefficient (Wildman–Crippen LogP) is 1.18. The van der Waals surface area contributed by atoms with Crippen molar-refractivity contribution in [2.75, 3.05) is 13.2 Å². The molecule has 3 nitrogen and oxygen atoms in total. The highest BCUT2D eigenvalue weighted by molar-refractivity contribution is 5.73. The third-order valence-electron chi connectivity index (χ3n) is 2.59. The number of esters is 1. The van der Waals surface area contributed by atoms with Crippen molar-refractivity contribution in [2.45, 2.75) is 33.2 Å². The second kappa shape index (κ2) is 4.61. The van der Waals surface area contributed by atoms with Crippen LogP contribution in [-0.4, -0.2) is 25.2 Å². The van der Waals surface area contributed by atoms with Crippen molar-refractivity contribution in [1.29, 1.82) is 0 Å². The number of nitrogens with one attached hydrogen (secondary N) is 1. The lowest BCUT2D eigenvalue weighted by Crippen LogP contribution is -2.26. The monoisotopic (exact) mass is 185 g/mol. The number of ether oxygens (including phenoxy) is 1. The van der Waals surface area contributed by atoms with Gasteiger partial charge in [-0.15, -0.1) is 0 Å². The molecular formula is C10H19NO2. The van der Waals surface area contributed by atoms with Gasteiger partial charge in [-0.25, -0.2) is 0 Å². The quantitative estimate of drug-likeness (QED) is 0.671. The zero-order valence-electron chi connectivity index (χ0n) is 8.67. The lowest BCUT2D eigenvalue weighted by molar-refractivity contribution is -0.147. The molecule has 1 rings (SSSR count). The van der Waals surface area contributed by atoms with E-state index in [0.29, 0.717) is 18.6 Å². The summed E-state index contributed by atoms with van der Waals surface area (Å²) in [6.07, 6.45) is 0.927. The molecule has 0 aromatic heterocycles. The zero-order valence-corrected chi connectivity index (χ0v) is 8.67. The Morgan fingerprint density at radius 1 is 1.62 bits per heavy atom. The Hall–Kier alpha value is -0.570. The largest absolute Gasteiger partial charge is 0.466 e. The molecule has 0 unspecified atom stereocenters. The van der Waals surface area contributed by atoms with Gasteiger partial charge in [-0.05, 0) is 19.3 Å². The van der Waals surface area contributed by atoms with Gasteiger partial charge >= 0.3 is 5.97 Å². The third kappa shape index (κ3) is 2.69. The Labute approximate surface area is 79.8 Å². The van der Waals surface area contributed by atoms with Crippen LogP contribution in [0.5, 0.6) is 0 Å². The molecule has 1 saturated heterocycles. The van der Waals surface area contributed by atoms with E-state index in [0.717, 1.165) is 13.0 Å². The molecule has 0 aromatic carbocycles. The van der Waals surface area contributed by atoms with Gasteiger partial charge in [0, 0.05) is 12.6 Å². The van der Waals surface area contributed by atoms with E-state index < -0.39 is 0 Å². The fraction of sp³-hybridized carbons (Fsp3) is 0.900. The van der Waals surface area contributed by atoms with Gasteiger partial charge in [0.05, 0.1) is 12.5 Å². The molecule has 0 radical (unpaired) electrons. The summed E-state index contributed by atoms with van der Waals surface area (Å²) in [5.41, 5.74) is 0. The number of hydrogen-bond donors (Lipinski definition) is 1. The number of rotatable bonds is 3. The minimum Gasteiger partial charge on any atom is -0.466 e. The third-order valence-corrected chi connectivity index (χ3v) is 2.59. The average Bonchev–Trinajstić information content (AvgIpc) is 2.52. The molecule has 3 heteroatoms. The van der Waals surface area contributed by atoms with E-state index >= 15 is 0 Å². The van der Waals surface area contributed by atoms with E-state index in [9.17, 15) is 4.79 Å². The second-order valence-corrected chi connectivity index (χ2v) is 3.94. The highest BCUT2D eigenvalue weighted by atomic mass is 16.5. The van der Waals surface area contributed by atoms with Crippen LogP contribution in [0.3, 0.4) is 0 Å². The first kappa shape index (κ1) is 10.5. The second-order valence-electron chi connectivity index (χ2n) is 3.94. The molecule has 2 atom stereocenters. The molecule has 1 aliphatic rings. The maximum absolute atomic E-state index is 11.4. The van der Waals surface area contributed by atoms with Crippen molar-refractivity contribution < 1.29 is 9.53 Å². The first-order valence-corrected chi connectivity index (χ1v) is 5.05. The Kier molecular flexibility index (Phi) is 3.72. The summed E-state index contributed by atoms with van der Waals surface area (Å²) < 4.78 is 4.97. The summed E-state index contributed by atoms with van der Waals surface area (Å²) in [5, 5.41) is 3.34. The van der Waals surface area contributed by atoms with E-state index in [4.69, 9.17) is 4.74 Å². The summed E-state index contributed by atoms with van der Waals surface area (Å²) >= 11 is 0. The van der Waals surface area contributed by atoms with Gasteiger partial charge in [0.15, 0.2) is 0 Å². The van der Waals surface area contributed by atoms with Crippen LogP contribution in [-0.2, 0) is 9.53 Å². The lowest BCUT2D eigenvalue weighted by Gasteiger charge is -2.13. The number of hydrogen-bond acceptors (Lipinski definition) is 3. The molecule has 13 heavy (non-hydrogen) atoms. The molecule has 0 spiro atoms. The molecule has 1 fully saturated rings. The molecule has 0 saturated carbocycles. The van der Waals surface area contributed by atoms with Gasteiger partial charge < -0.3 is 10.1 Å². The highest BCUT2D eigenvalue weighted by Gasteiger charge is 2.31. The van der Waals surface area contributed by atoms with Gasteiger partial charge in [-0.1, -0.05) is 13.8 Å². The van der Waals surface area contributed by atoms with Crippen LogP contribution >= 0.6 is 0 Å². The van der Waals surface area contributed by atoms with E-state index in [1.807, 2.05) is 6.92 Å². The summed E-state index contributed by atoms with van der Waals surface area (Å²) in [7, 11) is 0. The van der Waals surface area contributed by atoms with Gasteiger partial charge in [0.2, 0.25) is 0 Å². The highest BCUT2D eigenvalue weighted by Crippen LogP contribution is 2.20. The van der Waals surface area contributed by atoms with Crippen LogP contribution in [0.2, 0.25) is 0 Å². The van der Waals surface area contributed by atoms with Gasteiger partial charge in [0.25, 0.3) is 0 Å². The fourth-order valence-electron chi connectivity index (χ4n) is 1.71. The first-order chi connectivity index (χ1) is 6.15. The first-order valence-electron chi connectivity index (χ1n) is 5.05. The molecule has 1 heterocycles. The van der Waals surface area contributed by atoms with Crippen LogP contribution in [0, 0.1) is 11.8 Å². The molecule has 0 aliphatic carbocycles. The molecule has 0 bridgehead atoms. The van der Waals surface area contributed by atoms with Gasteiger partial charge in [-0.3, -0.25) is 4.79 Å². The maximum Gasteiger partial charge on any atom is 0.310 e. The van der Waals surface area contributed by atoms with Crippen molar-refractivity contribution in [3.8, 4) is 0 Å². The Morgan fingerprint density at radius 2 is 2.31 bits per heavy atom. The topological polar surface area (TPSA) is 38.3 Å².